The van der Waals surface area contributed by atoms with Gasteiger partial charge in [0.1, 0.15) is 80.2 Å². The Morgan fingerprint density at radius 3 is 1.11 bits per heavy atom. The van der Waals surface area contributed by atoms with Crippen molar-refractivity contribution < 1.29 is 35.6 Å². The lowest BCUT2D eigenvalue weighted by Crippen LogP contribution is -2.32. The normalized spacial score (nSPS) is 10.9. The Labute approximate surface area is 606 Å². The molecule has 0 heterocycles. The third-order valence-electron chi connectivity index (χ3n) is 15.2. The number of hydrogen-bond donors (Lipinski definition) is 0. The van der Waals surface area contributed by atoms with Gasteiger partial charge in [-0.25, -0.2) is 8.78 Å². The molecule has 97 heavy (non-hydrogen) atoms. The van der Waals surface area contributed by atoms with Crippen molar-refractivity contribution in [2.75, 3.05) is 44.2 Å². The first-order valence-electron chi connectivity index (χ1n) is 31.9. The largest absolute Gasteiger partial charge is 0.491 e. The summed E-state index contributed by atoms with van der Waals surface area (Å²) in [5.41, 5.74) is 3.75. The van der Waals surface area contributed by atoms with E-state index in [0.29, 0.717) is 5.75 Å². The van der Waals surface area contributed by atoms with Crippen molar-refractivity contribution in [3.63, 3.8) is 0 Å². The molecule has 0 radical (unpaired) electrons. The molecule has 0 amide bonds. The van der Waals surface area contributed by atoms with E-state index in [0.717, 1.165) is 28.5 Å². The smallest absolute Gasteiger partial charge is 0.297 e. The van der Waals surface area contributed by atoms with Gasteiger partial charge in [-0.1, -0.05) is 289 Å². The van der Waals surface area contributed by atoms with Gasteiger partial charge in [0.2, 0.25) is 0 Å². The summed E-state index contributed by atoms with van der Waals surface area (Å²) in [7, 11) is -7.20. The van der Waals surface area contributed by atoms with Gasteiger partial charge in [-0.3, -0.25) is 4.18 Å². The molecule has 0 saturated carbocycles. The highest BCUT2D eigenvalue weighted by Gasteiger charge is 2.45. The Morgan fingerprint density at radius 2 is 0.711 bits per heavy atom. The Balaban J connectivity index is 0.000000174. The van der Waals surface area contributed by atoms with Crippen LogP contribution >= 0.6 is 69.7 Å². The van der Waals surface area contributed by atoms with E-state index in [9.17, 15) is 17.2 Å². The molecule has 0 fully saturated rings. The van der Waals surface area contributed by atoms with Gasteiger partial charge in [-0.15, -0.1) is 24.0 Å². The Hall–Kier alpha value is -7.44. The van der Waals surface area contributed by atoms with E-state index in [4.69, 9.17) is 18.4 Å². The highest BCUT2D eigenvalue weighted by Crippen LogP contribution is 2.58. The van der Waals surface area contributed by atoms with Crippen LogP contribution in [-0.4, -0.2) is 52.6 Å². The predicted octanol–water partition coefficient (Wildman–Crippen LogP) is 17.5. The van der Waals surface area contributed by atoms with E-state index < -0.39 is 46.6 Å². The standard InChI is InChI=1S/C27H25FOP.C27H25O4PS.C20H18FOP.C9H11I.HI/c28-19-20-29-24-13-10-18-27(21-24)30(25-14-6-2-7-15-25,26-16-8-3-9-17-26)22-23-11-4-1-5-12-23;1-22-15-17-27(18-16-22)33(28,29)31-20-19-30-23-9-8-14-26(21-23)32(24-10-4-2-5-11-24)25-12-6-3-7-13-25;21-14-15-22-17-8-7-13-20(16-17)23(18-9-3-1-4-10-18)19-11-5-2-6-12-19;10-8-4-7-9-5-2-1-3-6-9;/h1-18,21H,19-20,22H2;2-18,21H,19-20H2,1H3;1-13,16H,14-15H2;1-3,5-6H,4,7-8H2;1H/q+1;;;;/i28-1;;21-1;;. The maximum atomic E-state index is 12.7. The van der Waals surface area contributed by atoms with Crippen molar-refractivity contribution in [1.29, 1.82) is 0 Å². The van der Waals surface area contributed by atoms with Gasteiger partial charge in [0.15, 0.2) is 0 Å². The van der Waals surface area contributed by atoms with Crippen molar-refractivity contribution in [3.05, 3.63) is 356 Å². The molecular weight excluding hydrogens is 1510 g/mol. The van der Waals surface area contributed by atoms with Gasteiger partial charge in [0.05, 0.1) is 11.1 Å². The summed E-state index contributed by atoms with van der Waals surface area (Å²) in [6, 6.07) is 115. The first-order valence-corrected chi connectivity index (χ1v) is 39.5. The topological polar surface area (TPSA) is 71.1 Å². The SMILES string of the molecule is Cc1ccc(S(=O)(=O)OCCOc2cccc(P(c3ccccc3)c3ccccc3)c2)cc1.I.ICCCc1ccccc1.[18F]CCOc1cccc(P(c2ccccc2)c2ccccc2)c1.[18F]CCOc1cccc([P+](Cc2ccccc2)(c2ccccc2)c2ccccc2)c1. The number of alkyl halides is 3. The quantitative estimate of drug-likeness (QED) is 0.0177. The molecule has 14 heteroatoms. The van der Waals surface area contributed by atoms with Crippen LogP contribution in [0.1, 0.15) is 23.1 Å². The molecule has 12 aromatic carbocycles. The van der Waals surface area contributed by atoms with Gasteiger partial charge in [-0.05, 0) is 156 Å². The first-order chi connectivity index (χ1) is 47.2. The van der Waals surface area contributed by atoms with Crippen LogP contribution in [0.2, 0.25) is 0 Å². The molecule has 0 aliphatic carbocycles. The first kappa shape index (κ1) is 75.3. The molecule has 0 aliphatic rings. The molecule has 12 aromatic rings. The minimum atomic E-state index is -3.80. The summed E-state index contributed by atoms with van der Waals surface area (Å²) >= 11 is 2.41. The van der Waals surface area contributed by atoms with Crippen LogP contribution in [0, 0.1) is 6.92 Å². The highest BCUT2D eigenvalue weighted by molar-refractivity contribution is 14.1. The summed E-state index contributed by atoms with van der Waals surface area (Å²) in [6.45, 7) is 1.17. The lowest BCUT2D eigenvalue weighted by molar-refractivity contribution is 0.221. The molecule has 6 nitrogen and oxygen atoms in total. The van der Waals surface area contributed by atoms with E-state index in [-0.39, 0.29) is 55.3 Å². The number of halogens is 4. The number of ether oxygens (including phenoxy) is 3. The molecule has 496 valence electrons. The van der Waals surface area contributed by atoms with Crippen LogP contribution in [0.5, 0.6) is 17.2 Å². The molecular formula is C83H80F2I2O6P3S+. The van der Waals surface area contributed by atoms with Crippen LogP contribution in [-0.2, 0) is 26.9 Å². The molecule has 0 spiro atoms. The van der Waals surface area contributed by atoms with Crippen molar-refractivity contribution in [2.24, 2.45) is 0 Å². The maximum Gasteiger partial charge on any atom is 0.297 e. The summed E-state index contributed by atoms with van der Waals surface area (Å²) in [5, 5.41) is 11.3. The van der Waals surface area contributed by atoms with Gasteiger partial charge in [0.25, 0.3) is 10.1 Å². The molecule has 0 bridgehead atoms. The predicted molar refractivity (Wildman–Crippen MR) is 427 cm³/mol. The van der Waals surface area contributed by atoms with Crippen LogP contribution in [0.4, 0.5) is 8.78 Å². The summed E-state index contributed by atoms with van der Waals surface area (Å²) in [5.74, 6) is 2.12. The minimum Gasteiger partial charge on any atom is -0.491 e. The van der Waals surface area contributed by atoms with E-state index in [1.54, 1.807) is 24.3 Å². The van der Waals surface area contributed by atoms with E-state index in [1.165, 1.54) is 70.8 Å². The molecule has 0 unspecified atom stereocenters. The third kappa shape index (κ3) is 23.1. The molecule has 0 aromatic heterocycles. The number of hydrogen-bond acceptors (Lipinski definition) is 6. The molecule has 12 rings (SSSR count). The summed E-state index contributed by atoms with van der Waals surface area (Å²) in [6.07, 6.45) is 3.43. The summed E-state index contributed by atoms with van der Waals surface area (Å²) < 4.78 is 73.1. The lowest BCUT2D eigenvalue weighted by atomic mass is 10.1. The molecule has 0 atom stereocenters. The minimum absolute atomic E-state index is 0. The van der Waals surface area contributed by atoms with Gasteiger partial charge in [-0.2, -0.15) is 8.42 Å². The Kier molecular flexibility index (Phi) is 31.9. The second-order valence-electron chi connectivity index (χ2n) is 21.9. The number of rotatable bonds is 26. The second-order valence-corrected chi connectivity index (χ2v) is 32.5. The van der Waals surface area contributed by atoms with Gasteiger partial charge >= 0.3 is 0 Å². The average molecular weight is 1590 g/mol. The zero-order chi connectivity index (χ0) is 66.9. The van der Waals surface area contributed by atoms with E-state index >= 15 is 0 Å². The van der Waals surface area contributed by atoms with Gasteiger partial charge < -0.3 is 14.2 Å². The van der Waals surface area contributed by atoms with Crippen molar-refractivity contribution in [2.45, 2.75) is 30.8 Å². The van der Waals surface area contributed by atoms with Crippen molar-refractivity contribution in [3.8, 4) is 17.2 Å². The van der Waals surface area contributed by atoms with Crippen LogP contribution < -0.4 is 62.0 Å². The van der Waals surface area contributed by atoms with Gasteiger partial charge in [0, 0.05) is 6.07 Å². The monoisotopic (exact) mass is 1590 g/mol. The molecule has 0 N–H and O–H groups in total. The fourth-order valence-electron chi connectivity index (χ4n) is 10.7. The van der Waals surface area contributed by atoms with Crippen molar-refractivity contribution >= 4 is 128 Å². The lowest BCUT2D eigenvalue weighted by Gasteiger charge is -2.28. The number of aryl methyl sites for hydroxylation is 2. The Morgan fingerprint density at radius 1 is 0.371 bits per heavy atom. The highest BCUT2D eigenvalue weighted by atomic mass is 127. The molecule has 0 saturated heterocycles. The Bertz CT molecular complexity index is 4140. The maximum absolute atomic E-state index is 12.7. The third-order valence-corrected chi connectivity index (χ3v) is 26.5. The molecule has 0 aliphatic heterocycles. The fraction of sp³-hybridized carbons (Fsp3) is 0.133. The number of benzene rings is 12. The van der Waals surface area contributed by atoms with Crippen LogP contribution in [0.15, 0.2) is 345 Å². The van der Waals surface area contributed by atoms with E-state index in [1.807, 2.05) is 79.7 Å². The fourth-order valence-corrected chi connectivity index (χ4v) is 20.9. The zero-order valence-corrected chi connectivity index (χ0v) is 62.1. The van der Waals surface area contributed by atoms with Crippen molar-refractivity contribution in [1.82, 2.24) is 0 Å². The van der Waals surface area contributed by atoms with E-state index in [2.05, 4.69) is 265 Å². The second kappa shape index (κ2) is 41.1. The summed E-state index contributed by atoms with van der Waals surface area (Å²) in [4.78, 5) is 0.145. The van der Waals surface area contributed by atoms with Crippen LogP contribution in [0.25, 0.3) is 0 Å². The van der Waals surface area contributed by atoms with Crippen LogP contribution in [0.3, 0.4) is 0 Å². The average Bonchev–Trinajstić information content (AvgIpc) is 0.755. The zero-order valence-electron chi connectivity index (χ0n) is 54.1.